The lowest BCUT2D eigenvalue weighted by Crippen LogP contribution is -2.24. The zero-order chi connectivity index (χ0) is 12.2. The van der Waals surface area contributed by atoms with E-state index < -0.39 is 10.0 Å². The van der Waals surface area contributed by atoms with Gasteiger partial charge < -0.3 is 0 Å². The predicted octanol–water partition coefficient (Wildman–Crippen LogP) is 1.58. The molecule has 0 aromatic heterocycles. The summed E-state index contributed by atoms with van der Waals surface area (Å²) in [5.41, 5.74) is 0.402. The van der Waals surface area contributed by atoms with Crippen LogP contribution in [-0.2, 0) is 10.0 Å². The molecule has 1 rings (SSSR count). The third-order valence-corrected chi connectivity index (χ3v) is 3.55. The number of nitrogens with one attached hydrogen (secondary N) is 1. The maximum Gasteiger partial charge on any atom is 0.240 e. The molecule has 0 saturated heterocycles. The lowest BCUT2D eigenvalue weighted by molar-refractivity contribution is 0.101. The minimum absolute atomic E-state index is 0.133. The zero-order valence-electron chi connectivity index (χ0n) is 9.36. The van der Waals surface area contributed by atoms with Crippen molar-refractivity contribution in [2.24, 2.45) is 0 Å². The molecule has 5 heteroatoms. The van der Waals surface area contributed by atoms with Gasteiger partial charge in [-0.3, -0.25) is 4.79 Å². The summed E-state index contributed by atoms with van der Waals surface area (Å²) in [6.45, 7) is 3.69. The highest BCUT2D eigenvalue weighted by molar-refractivity contribution is 7.89. The summed E-state index contributed by atoms with van der Waals surface area (Å²) in [6, 6.07) is 6.03. The summed E-state index contributed by atoms with van der Waals surface area (Å²) in [5, 5.41) is 0. The summed E-state index contributed by atoms with van der Waals surface area (Å²) in [4.78, 5) is 11.3. The van der Waals surface area contributed by atoms with Gasteiger partial charge in [-0.15, -0.1) is 0 Å². The number of rotatable bonds is 5. The van der Waals surface area contributed by atoms with Crippen LogP contribution in [0.15, 0.2) is 29.2 Å². The molecule has 0 fully saturated rings. The van der Waals surface area contributed by atoms with Crippen LogP contribution in [0.4, 0.5) is 0 Å². The molecule has 1 aromatic rings. The Hall–Kier alpha value is -1.20. The zero-order valence-corrected chi connectivity index (χ0v) is 10.2. The first-order valence-corrected chi connectivity index (χ1v) is 6.56. The number of hydrogen-bond acceptors (Lipinski definition) is 3. The Morgan fingerprint density at radius 2 is 2.06 bits per heavy atom. The summed E-state index contributed by atoms with van der Waals surface area (Å²) in [5.74, 6) is -0.146. The van der Waals surface area contributed by atoms with Crippen molar-refractivity contribution in [3.05, 3.63) is 29.8 Å². The van der Waals surface area contributed by atoms with Crippen LogP contribution in [0.2, 0.25) is 0 Å². The highest BCUT2D eigenvalue weighted by atomic mass is 32.2. The lowest BCUT2D eigenvalue weighted by atomic mass is 10.2. The van der Waals surface area contributed by atoms with E-state index in [1.165, 1.54) is 19.1 Å². The van der Waals surface area contributed by atoms with Crippen molar-refractivity contribution in [1.82, 2.24) is 4.72 Å². The molecule has 0 saturated carbocycles. The predicted molar refractivity (Wildman–Crippen MR) is 61.9 cm³/mol. The van der Waals surface area contributed by atoms with Crippen molar-refractivity contribution in [2.75, 3.05) is 6.54 Å². The normalized spacial score (nSPS) is 11.4. The Balaban J connectivity index is 3.04. The van der Waals surface area contributed by atoms with E-state index in [1.54, 1.807) is 12.1 Å². The van der Waals surface area contributed by atoms with Crippen molar-refractivity contribution >= 4 is 15.8 Å². The molecule has 0 aliphatic carbocycles. The summed E-state index contributed by atoms with van der Waals surface area (Å²) in [6.07, 6.45) is 0.728. The Labute approximate surface area is 95.7 Å². The van der Waals surface area contributed by atoms with Gasteiger partial charge in [0.15, 0.2) is 5.78 Å². The van der Waals surface area contributed by atoms with Gasteiger partial charge in [0.1, 0.15) is 0 Å². The maximum absolute atomic E-state index is 11.7. The highest BCUT2D eigenvalue weighted by Gasteiger charge is 2.13. The molecule has 0 aliphatic rings. The molecule has 0 radical (unpaired) electrons. The molecule has 0 bridgehead atoms. The molecule has 1 aromatic carbocycles. The van der Waals surface area contributed by atoms with E-state index in [0.29, 0.717) is 12.1 Å². The third kappa shape index (κ3) is 3.15. The number of hydrogen-bond donors (Lipinski definition) is 1. The monoisotopic (exact) mass is 241 g/mol. The van der Waals surface area contributed by atoms with Crippen LogP contribution in [0.5, 0.6) is 0 Å². The van der Waals surface area contributed by atoms with Crippen LogP contribution in [-0.4, -0.2) is 20.7 Å². The lowest BCUT2D eigenvalue weighted by Gasteiger charge is -2.06. The Morgan fingerprint density at radius 3 is 2.62 bits per heavy atom. The van der Waals surface area contributed by atoms with Gasteiger partial charge in [0.05, 0.1) is 4.90 Å². The molecule has 1 N–H and O–H groups in total. The van der Waals surface area contributed by atoms with Crippen molar-refractivity contribution < 1.29 is 13.2 Å². The molecule has 16 heavy (non-hydrogen) atoms. The van der Waals surface area contributed by atoms with Crippen LogP contribution in [0, 0.1) is 0 Å². The molecular weight excluding hydrogens is 226 g/mol. The molecule has 0 atom stereocenters. The number of ketones is 1. The smallest absolute Gasteiger partial charge is 0.240 e. The van der Waals surface area contributed by atoms with E-state index in [1.807, 2.05) is 6.92 Å². The summed E-state index contributed by atoms with van der Waals surface area (Å²) in [7, 11) is -3.48. The van der Waals surface area contributed by atoms with Gasteiger partial charge in [-0.2, -0.15) is 0 Å². The van der Waals surface area contributed by atoms with Gasteiger partial charge >= 0.3 is 0 Å². The molecule has 4 nitrogen and oxygen atoms in total. The Kier molecular flexibility index (Phi) is 4.20. The standard InChI is InChI=1S/C11H15NO3S/c1-3-7-12-16(14,15)11-6-4-5-10(8-11)9(2)13/h4-6,8,12H,3,7H2,1-2H3. The second kappa shape index (κ2) is 5.23. The first-order valence-electron chi connectivity index (χ1n) is 5.08. The first-order chi connectivity index (χ1) is 7.47. The van der Waals surface area contributed by atoms with E-state index >= 15 is 0 Å². The molecule has 0 heterocycles. The van der Waals surface area contributed by atoms with E-state index in [-0.39, 0.29) is 10.7 Å². The highest BCUT2D eigenvalue weighted by Crippen LogP contribution is 2.11. The molecule has 0 amide bonds. The minimum atomic E-state index is -3.48. The van der Waals surface area contributed by atoms with Crippen molar-refractivity contribution in [3.8, 4) is 0 Å². The van der Waals surface area contributed by atoms with Gasteiger partial charge in [0.2, 0.25) is 10.0 Å². The average Bonchev–Trinajstić information content (AvgIpc) is 2.26. The minimum Gasteiger partial charge on any atom is -0.295 e. The van der Waals surface area contributed by atoms with E-state index in [0.717, 1.165) is 6.42 Å². The summed E-state index contributed by atoms with van der Waals surface area (Å²) < 4.78 is 25.9. The van der Waals surface area contributed by atoms with Gasteiger partial charge in [-0.25, -0.2) is 13.1 Å². The molecule has 0 unspecified atom stereocenters. The number of sulfonamides is 1. The number of carbonyl (C=O) groups is 1. The van der Waals surface area contributed by atoms with Crippen molar-refractivity contribution in [3.63, 3.8) is 0 Å². The second-order valence-electron chi connectivity index (χ2n) is 3.48. The Bertz CT molecular complexity index is 480. The van der Waals surface area contributed by atoms with Gasteiger partial charge in [-0.05, 0) is 25.5 Å². The summed E-state index contributed by atoms with van der Waals surface area (Å²) >= 11 is 0. The average molecular weight is 241 g/mol. The quantitative estimate of drug-likeness (QED) is 0.796. The maximum atomic E-state index is 11.7. The van der Waals surface area contributed by atoms with Crippen LogP contribution in [0.1, 0.15) is 30.6 Å². The fourth-order valence-electron chi connectivity index (χ4n) is 1.20. The number of benzene rings is 1. The van der Waals surface area contributed by atoms with Gasteiger partial charge in [0.25, 0.3) is 0 Å². The molecule has 0 aliphatic heterocycles. The molecule has 88 valence electrons. The first kappa shape index (κ1) is 12.9. The number of carbonyl (C=O) groups excluding carboxylic acids is 1. The van der Waals surface area contributed by atoms with Gasteiger partial charge in [0, 0.05) is 12.1 Å². The fraction of sp³-hybridized carbons (Fsp3) is 0.364. The third-order valence-electron chi connectivity index (χ3n) is 2.09. The van der Waals surface area contributed by atoms with E-state index in [2.05, 4.69) is 4.72 Å². The fourth-order valence-corrected chi connectivity index (χ4v) is 2.38. The second-order valence-corrected chi connectivity index (χ2v) is 5.25. The Morgan fingerprint density at radius 1 is 1.38 bits per heavy atom. The molecular formula is C11H15NO3S. The van der Waals surface area contributed by atoms with Crippen LogP contribution < -0.4 is 4.72 Å². The van der Waals surface area contributed by atoms with Gasteiger partial charge in [-0.1, -0.05) is 19.1 Å². The number of Topliss-reactive ketones (excluding diaryl/α,β-unsaturated/α-hetero) is 1. The van der Waals surface area contributed by atoms with Crippen molar-refractivity contribution in [1.29, 1.82) is 0 Å². The van der Waals surface area contributed by atoms with Crippen molar-refractivity contribution in [2.45, 2.75) is 25.2 Å². The van der Waals surface area contributed by atoms with E-state index in [4.69, 9.17) is 0 Å². The largest absolute Gasteiger partial charge is 0.295 e. The topological polar surface area (TPSA) is 63.2 Å². The van der Waals surface area contributed by atoms with Crippen LogP contribution in [0.3, 0.4) is 0 Å². The van der Waals surface area contributed by atoms with Crippen LogP contribution >= 0.6 is 0 Å². The SMILES string of the molecule is CCCNS(=O)(=O)c1cccc(C(C)=O)c1. The van der Waals surface area contributed by atoms with Crippen LogP contribution in [0.25, 0.3) is 0 Å². The molecule has 0 spiro atoms. The van der Waals surface area contributed by atoms with E-state index in [9.17, 15) is 13.2 Å².